The number of aromatic nitrogens is 2. The Labute approximate surface area is 122 Å². The summed E-state index contributed by atoms with van der Waals surface area (Å²) in [5.74, 6) is 0.903. The summed E-state index contributed by atoms with van der Waals surface area (Å²) in [6.07, 6.45) is 3.75. The number of hydrogen-bond acceptors (Lipinski definition) is 5. The Morgan fingerprint density at radius 1 is 1.24 bits per heavy atom. The van der Waals surface area contributed by atoms with Crippen molar-refractivity contribution in [2.75, 3.05) is 5.32 Å². The van der Waals surface area contributed by atoms with Crippen molar-refractivity contribution < 1.29 is 9.59 Å². The molecule has 1 unspecified atom stereocenters. The second kappa shape index (κ2) is 5.44. The van der Waals surface area contributed by atoms with E-state index in [1.165, 1.54) is 0 Å². The molecule has 1 N–H and O–H groups in total. The molecule has 1 aliphatic carbocycles. The highest BCUT2D eigenvalue weighted by Gasteiger charge is 2.24. The van der Waals surface area contributed by atoms with E-state index in [0.717, 1.165) is 24.1 Å². The van der Waals surface area contributed by atoms with E-state index < -0.39 is 0 Å². The van der Waals surface area contributed by atoms with Crippen molar-refractivity contribution in [1.82, 2.24) is 9.97 Å². The second-order valence-electron chi connectivity index (χ2n) is 5.36. The van der Waals surface area contributed by atoms with E-state index in [0.29, 0.717) is 29.4 Å². The van der Waals surface area contributed by atoms with Crippen molar-refractivity contribution in [3.8, 4) is 0 Å². The van der Waals surface area contributed by atoms with Crippen LogP contribution >= 0.6 is 0 Å². The SMILES string of the molecule is CC1CC(=O)c2cnc(Nc3ccc(C=O)cc3)nc2C1. The molecule has 21 heavy (non-hydrogen) atoms. The maximum atomic E-state index is 11.9. The molecule has 0 fully saturated rings. The van der Waals surface area contributed by atoms with Gasteiger partial charge >= 0.3 is 0 Å². The summed E-state index contributed by atoms with van der Waals surface area (Å²) >= 11 is 0. The van der Waals surface area contributed by atoms with E-state index in [-0.39, 0.29) is 5.78 Å². The molecule has 3 rings (SSSR count). The van der Waals surface area contributed by atoms with Gasteiger partial charge in [0.05, 0.1) is 11.3 Å². The van der Waals surface area contributed by atoms with Gasteiger partial charge < -0.3 is 5.32 Å². The average Bonchev–Trinajstić information content (AvgIpc) is 2.47. The van der Waals surface area contributed by atoms with E-state index in [1.54, 1.807) is 30.5 Å². The van der Waals surface area contributed by atoms with Crippen LogP contribution in [-0.4, -0.2) is 22.0 Å². The highest BCUT2D eigenvalue weighted by Crippen LogP contribution is 2.24. The summed E-state index contributed by atoms with van der Waals surface area (Å²) in [7, 11) is 0. The maximum Gasteiger partial charge on any atom is 0.227 e. The van der Waals surface area contributed by atoms with Crippen molar-refractivity contribution in [1.29, 1.82) is 0 Å². The molecule has 1 aromatic heterocycles. The predicted octanol–water partition coefficient (Wildman–Crippen LogP) is 2.80. The number of anilines is 2. The van der Waals surface area contributed by atoms with Gasteiger partial charge in [-0.05, 0) is 36.6 Å². The van der Waals surface area contributed by atoms with Crippen molar-refractivity contribution >= 4 is 23.7 Å². The first-order chi connectivity index (χ1) is 10.2. The van der Waals surface area contributed by atoms with Gasteiger partial charge in [-0.15, -0.1) is 0 Å². The fourth-order valence-corrected chi connectivity index (χ4v) is 2.47. The minimum absolute atomic E-state index is 0.116. The lowest BCUT2D eigenvalue weighted by molar-refractivity contribution is 0.0951. The number of ketones is 1. The van der Waals surface area contributed by atoms with E-state index in [1.807, 2.05) is 6.92 Å². The van der Waals surface area contributed by atoms with Crippen LogP contribution in [0.15, 0.2) is 30.5 Å². The largest absolute Gasteiger partial charge is 0.324 e. The van der Waals surface area contributed by atoms with E-state index in [9.17, 15) is 9.59 Å². The lowest BCUT2D eigenvalue weighted by Crippen LogP contribution is -2.20. The lowest BCUT2D eigenvalue weighted by atomic mass is 9.88. The van der Waals surface area contributed by atoms with E-state index in [2.05, 4.69) is 15.3 Å². The first kappa shape index (κ1) is 13.4. The third-order valence-corrected chi connectivity index (χ3v) is 3.55. The van der Waals surface area contributed by atoms with Crippen LogP contribution in [0.5, 0.6) is 0 Å². The van der Waals surface area contributed by atoms with E-state index >= 15 is 0 Å². The van der Waals surface area contributed by atoms with Gasteiger partial charge in [0, 0.05) is 23.9 Å². The molecule has 1 aromatic carbocycles. The number of nitrogens with one attached hydrogen (secondary N) is 1. The number of aldehydes is 1. The summed E-state index contributed by atoms with van der Waals surface area (Å²) < 4.78 is 0. The Hall–Kier alpha value is -2.56. The van der Waals surface area contributed by atoms with Crippen LogP contribution < -0.4 is 5.32 Å². The molecule has 0 radical (unpaired) electrons. The van der Waals surface area contributed by atoms with Gasteiger partial charge in [0.15, 0.2) is 5.78 Å². The number of rotatable bonds is 3. The molecule has 1 aliphatic rings. The minimum Gasteiger partial charge on any atom is -0.324 e. The lowest BCUT2D eigenvalue weighted by Gasteiger charge is -2.19. The van der Waals surface area contributed by atoms with Gasteiger partial charge in [0.1, 0.15) is 6.29 Å². The molecule has 106 valence electrons. The van der Waals surface area contributed by atoms with Gasteiger partial charge in [0.25, 0.3) is 0 Å². The quantitative estimate of drug-likeness (QED) is 0.876. The molecular weight excluding hydrogens is 266 g/mol. The number of carbonyl (C=O) groups excluding carboxylic acids is 2. The molecule has 5 nitrogen and oxygen atoms in total. The number of Topliss-reactive ketones (excluding diaryl/α,β-unsaturated/α-hetero) is 1. The van der Waals surface area contributed by atoms with Crippen LogP contribution in [0.3, 0.4) is 0 Å². The third kappa shape index (κ3) is 2.81. The van der Waals surface area contributed by atoms with Crippen LogP contribution in [-0.2, 0) is 6.42 Å². The molecule has 1 heterocycles. The summed E-state index contributed by atoms with van der Waals surface area (Å²) in [5, 5.41) is 3.09. The number of nitrogens with zero attached hydrogens (tertiary/aromatic N) is 2. The highest BCUT2D eigenvalue weighted by molar-refractivity contribution is 5.98. The number of benzene rings is 1. The van der Waals surface area contributed by atoms with Crippen LogP contribution in [0, 0.1) is 5.92 Å². The van der Waals surface area contributed by atoms with Gasteiger partial charge in [0.2, 0.25) is 5.95 Å². The van der Waals surface area contributed by atoms with Crippen LogP contribution in [0.4, 0.5) is 11.6 Å². The topological polar surface area (TPSA) is 72.0 Å². The van der Waals surface area contributed by atoms with Crippen molar-refractivity contribution in [3.63, 3.8) is 0 Å². The molecule has 0 bridgehead atoms. The zero-order valence-electron chi connectivity index (χ0n) is 11.7. The molecule has 0 aliphatic heterocycles. The van der Waals surface area contributed by atoms with Crippen LogP contribution in [0.1, 0.15) is 39.8 Å². The number of fused-ring (bicyclic) bond motifs is 1. The van der Waals surface area contributed by atoms with Gasteiger partial charge in [-0.2, -0.15) is 0 Å². The summed E-state index contributed by atoms with van der Waals surface area (Å²) in [5.41, 5.74) is 2.86. The molecular formula is C16H15N3O2. The standard InChI is InChI=1S/C16H15N3O2/c1-10-6-14-13(15(21)7-10)8-17-16(19-14)18-12-4-2-11(9-20)3-5-12/h2-5,8-10H,6-7H2,1H3,(H,17,18,19). The fourth-order valence-electron chi connectivity index (χ4n) is 2.47. The summed E-state index contributed by atoms with van der Waals surface area (Å²) in [6, 6.07) is 7.03. The van der Waals surface area contributed by atoms with Crippen molar-refractivity contribution in [3.05, 3.63) is 47.3 Å². The number of hydrogen-bond donors (Lipinski definition) is 1. The molecule has 2 aromatic rings. The molecule has 0 saturated heterocycles. The first-order valence-electron chi connectivity index (χ1n) is 6.87. The summed E-state index contributed by atoms with van der Waals surface area (Å²) in [4.78, 5) is 31.2. The summed E-state index contributed by atoms with van der Waals surface area (Å²) in [6.45, 7) is 2.05. The van der Waals surface area contributed by atoms with Crippen molar-refractivity contribution in [2.24, 2.45) is 5.92 Å². The predicted molar refractivity (Wildman–Crippen MR) is 79.0 cm³/mol. The molecule has 1 atom stereocenters. The van der Waals surface area contributed by atoms with E-state index in [4.69, 9.17) is 0 Å². The number of carbonyl (C=O) groups is 2. The molecule has 0 amide bonds. The van der Waals surface area contributed by atoms with Crippen LogP contribution in [0.2, 0.25) is 0 Å². The smallest absolute Gasteiger partial charge is 0.227 e. The Bertz CT molecular complexity index is 695. The van der Waals surface area contributed by atoms with Crippen LogP contribution in [0.25, 0.3) is 0 Å². The first-order valence-corrected chi connectivity index (χ1v) is 6.87. The zero-order valence-corrected chi connectivity index (χ0v) is 11.7. The fraction of sp³-hybridized carbons (Fsp3) is 0.250. The molecule has 5 heteroatoms. The van der Waals surface area contributed by atoms with Gasteiger partial charge in [-0.1, -0.05) is 6.92 Å². The highest BCUT2D eigenvalue weighted by atomic mass is 16.1. The molecule has 0 saturated carbocycles. The minimum atomic E-state index is 0.116. The monoisotopic (exact) mass is 281 g/mol. The van der Waals surface area contributed by atoms with Crippen molar-refractivity contribution in [2.45, 2.75) is 19.8 Å². The Morgan fingerprint density at radius 3 is 2.71 bits per heavy atom. The average molecular weight is 281 g/mol. The second-order valence-corrected chi connectivity index (χ2v) is 5.36. The Balaban J connectivity index is 1.84. The van der Waals surface area contributed by atoms with Gasteiger partial charge in [-0.3, -0.25) is 9.59 Å². The third-order valence-electron chi connectivity index (χ3n) is 3.55. The normalized spacial score (nSPS) is 17.2. The molecule has 0 spiro atoms. The maximum absolute atomic E-state index is 11.9. The Kier molecular flexibility index (Phi) is 3.48. The van der Waals surface area contributed by atoms with Gasteiger partial charge in [-0.25, -0.2) is 9.97 Å². The Morgan fingerprint density at radius 2 is 2.00 bits per heavy atom. The zero-order chi connectivity index (χ0) is 14.8.